The molecule has 0 saturated heterocycles. The van der Waals surface area contributed by atoms with Crippen LogP contribution in [0.25, 0.3) is 11.0 Å². The second kappa shape index (κ2) is 4.19. The van der Waals surface area contributed by atoms with Crippen LogP contribution in [0, 0.1) is 0 Å². The number of hydrogen-bond acceptors (Lipinski definition) is 5. The molecule has 0 amide bonds. The Hall–Kier alpha value is -2.28. The van der Waals surface area contributed by atoms with Gasteiger partial charge in [0.25, 0.3) is 0 Å². The van der Waals surface area contributed by atoms with Gasteiger partial charge in [-0.2, -0.15) is 0 Å². The van der Waals surface area contributed by atoms with Crippen LogP contribution in [0.4, 0.5) is 0 Å². The van der Waals surface area contributed by atoms with Gasteiger partial charge in [-0.15, -0.1) is 16.4 Å². The van der Waals surface area contributed by atoms with Crippen molar-refractivity contribution in [2.45, 2.75) is 6.54 Å². The van der Waals surface area contributed by atoms with E-state index in [1.165, 1.54) is 17.4 Å². The van der Waals surface area contributed by atoms with Crippen molar-refractivity contribution >= 4 is 28.3 Å². The molecule has 0 aliphatic heterocycles. The molecule has 0 unspecified atom stereocenters. The summed E-state index contributed by atoms with van der Waals surface area (Å²) >= 11 is 1.52. The Labute approximate surface area is 106 Å². The van der Waals surface area contributed by atoms with Crippen LogP contribution in [0.15, 0.2) is 29.9 Å². The molecule has 0 aliphatic rings. The van der Waals surface area contributed by atoms with Gasteiger partial charge in [0.15, 0.2) is 0 Å². The largest absolute Gasteiger partial charge is 0.478 e. The Balaban J connectivity index is 2.06. The molecule has 90 valence electrons. The summed E-state index contributed by atoms with van der Waals surface area (Å²) < 4.78 is 1.68. The summed E-state index contributed by atoms with van der Waals surface area (Å²) in [7, 11) is 0. The van der Waals surface area contributed by atoms with E-state index in [-0.39, 0.29) is 5.56 Å². The molecule has 3 rings (SSSR count). The zero-order valence-electron chi connectivity index (χ0n) is 9.15. The van der Waals surface area contributed by atoms with Gasteiger partial charge in [0.2, 0.25) is 0 Å². The lowest BCUT2D eigenvalue weighted by Gasteiger charge is -2.00. The van der Waals surface area contributed by atoms with Gasteiger partial charge in [0.1, 0.15) is 5.52 Å². The first-order valence-corrected chi connectivity index (χ1v) is 6.06. The van der Waals surface area contributed by atoms with Crippen LogP contribution in [0.3, 0.4) is 0 Å². The van der Waals surface area contributed by atoms with Gasteiger partial charge in [0, 0.05) is 11.1 Å². The number of hydrogen-bond donors (Lipinski definition) is 1. The van der Waals surface area contributed by atoms with E-state index >= 15 is 0 Å². The van der Waals surface area contributed by atoms with Crippen LogP contribution in [0.2, 0.25) is 0 Å². The van der Waals surface area contributed by atoms with Gasteiger partial charge in [-0.25, -0.2) is 9.48 Å². The van der Waals surface area contributed by atoms with Crippen molar-refractivity contribution < 1.29 is 9.90 Å². The summed E-state index contributed by atoms with van der Waals surface area (Å²) in [6.07, 6.45) is 1.76. The predicted molar refractivity (Wildman–Crippen MR) is 65.7 cm³/mol. The summed E-state index contributed by atoms with van der Waals surface area (Å²) in [4.78, 5) is 16.0. The van der Waals surface area contributed by atoms with E-state index in [1.807, 2.05) is 0 Å². The van der Waals surface area contributed by atoms with Crippen molar-refractivity contribution in [3.63, 3.8) is 0 Å². The van der Waals surface area contributed by atoms with E-state index in [0.29, 0.717) is 17.6 Å². The SMILES string of the molecule is O=C(O)c1ccc2nnn(Cc3cncs3)c2c1. The fourth-order valence-corrected chi connectivity index (χ4v) is 2.26. The molecule has 0 spiro atoms. The lowest BCUT2D eigenvalue weighted by Crippen LogP contribution is -2.01. The Morgan fingerprint density at radius 2 is 2.33 bits per heavy atom. The van der Waals surface area contributed by atoms with Crippen LogP contribution in [0.5, 0.6) is 0 Å². The first kappa shape index (κ1) is 10.8. The minimum absolute atomic E-state index is 0.232. The molecule has 2 aromatic heterocycles. The fraction of sp³-hybridized carbons (Fsp3) is 0.0909. The standard InChI is InChI=1S/C11H8N4O2S/c16-11(17)7-1-2-9-10(3-7)15(14-13-9)5-8-4-12-6-18-8/h1-4,6H,5H2,(H,16,17). The third-order valence-electron chi connectivity index (χ3n) is 2.55. The minimum atomic E-state index is -0.956. The highest BCUT2D eigenvalue weighted by Gasteiger charge is 2.09. The molecular formula is C11H8N4O2S. The second-order valence-corrected chi connectivity index (χ2v) is 4.69. The first-order chi connectivity index (χ1) is 8.74. The van der Waals surface area contributed by atoms with E-state index < -0.39 is 5.97 Å². The molecule has 0 bridgehead atoms. The number of rotatable bonds is 3. The van der Waals surface area contributed by atoms with E-state index in [2.05, 4.69) is 15.3 Å². The molecule has 0 saturated carbocycles. The van der Waals surface area contributed by atoms with Gasteiger partial charge >= 0.3 is 5.97 Å². The highest BCUT2D eigenvalue weighted by molar-refractivity contribution is 7.09. The molecular weight excluding hydrogens is 252 g/mol. The van der Waals surface area contributed by atoms with Crippen molar-refractivity contribution in [3.8, 4) is 0 Å². The van der Waals surface area contributed by atoms with Crippen LogP contribution >= 0.6 is 11.3 Å². The van der Waals surface area contributed by atoms with Crippen LogP contribution in [0.1, 0.15) is 15.2 Å². The number of fused-ring (bicyclic) bond motifs is 1. The lowest BCUT2D eigenvalue weighted by atomic mass is 10.2. The maximum Gasteiger partial charge on any atom is 0.335 e. The lowest BCUT2D eigenvalue weighted by molar-refractivity contribution is 0.0697. The van der Waals surface area contributed by atoms with Crippen molar-refractivity contribution in [2.75, 3.05) is 0 Å². The average molecular weight is 260 g/mol. The molecule has 1 aromatic carbocycles. The number of carboxylic acids is 1. The topological polar surface area (TPSA) is 80.9 Å². The zero-order valence-corrected chi connectivity index (χ0v) is 9.96. The third kappa shape index (κ3) is 1.84. The second-order valence-electron chi connectivity index (χ2n) is 3.72. The van der Waals surface area contributed by atoms with Gasteiger partial charge in [0.05, 0.1) is 23.1 Å². The summed E-state index contributed by atoms with van der Waals surface area (Å²) in [5.41, 5.74) is 3.38. The maximum atomic E-state index is 10.9. The van der Waals surface area contributed by atoms with E-state index in [9.17, 15) is 4.79 Å². The number of thiazole rings is 1. The van der Waals surface area contributed by atoms with Crippen molar-refractivity contribution in [3.05, 3.63) is 40.3 Å². The number of carboxylic acid groups (broad SMARTS) is 1. The smallest absolute Gasteiger partial charge is 0.335 e. The predicted octanol–water partition coefficient (Wildman–Crippen LogP) is 1.63. The quantitative estimate of drug-likeness (QED) is 0.774. The van der Waals surface area contributed by atoms with Crippen LogP contribution in [-0.4, -0.2) is 31.1 Å². The van der Waals surface area contributed by atoms with Gasteiger partial charge in [-0.1, -0.05) is 5.21 Å². The minimum Gasteiger partial charge on any atom is -0.478 e. The normalized spacial score (nSPS) is 10.9. The number of carbonyl (C=O) groups is 1. The zero-order chi connectivity index (χ0) is 12.5. The molecule has 0 aliphatic carbocycles. The Bertz CT molecular complexity index is 705. The molecule has 0 atom stereocenters. The number of benzene rings is 1. The molecule has 2 heterocycles. The van der Waals surface area contributed by atoms with E-state index in [1.54, 1.807) is 28.5 Å². The monoisotopic (exact) mass is 260 g/mol. The number of aromatic carboxylic acids is 1. The maximum absolute atomic E-state index is 10.9. The van der Waals surface area contributed by atoms with Gasteiger partial charge in [-0.05, 0) is 18.2 Å². The summed E-state index contributed by atoms with van der Waals surface area (Å²) in [6.45, 7) is 0.546. The summed E-state index contributed by atoms with van der Waals surface area (Å²) in [5, 5.41) is 17.0. The average Bonchev–Trinajstić information content (AvgIpc) is 2.99. The molecule has 0 fully saturated rings. The molecule has 3 aromatic rings. The number of aromatic nitrogens is 4. The van der Waals surface area contributed by atoms with Crippen molar-refractivity contribution in [1.82, 2.24) is 20.0 Å². The van der Waals surface area contributed by atoms with E-state index in [0.717, 1.165) is 4.88 Å². The van der Waals surface area contributed by atoms with Gasteiger partial charge < -0.3 is 5.11 Å². The summed E-state index contributed by atoms with van der Waals surface area (Å²) in [6, 6.07) is 4.77. The Morgan fingerprint density at radius 1 is 1.44 bits per heavy atom. The van der Waals surface area contributed by atoms with Crippen LogP contribution < -0.4 is 0 Å². The number of nitrogens with zero attached hydrogens (tertiary/aromatic N) is 4. The van der Waals surface area contributed by atoms with Crippen LogP contribution in [-0.2, 0) is 6.54 Å². The van der Waals surface area contributed by atoms with Gasteiger partial charge in [-0.3, -0.25) is 4.98 Å². The Kier molecular flexibility index (Phi) is 2.52. The highest BCUT2D eigenvalue weighted by Crippen LogP contribution is 2.16. The fourth-order valence-electron chi connectivity index (χ4n) is 1.68. The highest BCUT2D eigenvalue weighted by atomic mass is 32.1. The third-order valence-corrected chi connectivity index (χ3v) is 3.31. The first-order valence-electron chi connectivity index (χ1n) is 5.18. The molecule has 18 heavy (non-hydrogen) atoms. The molecule has 7 heteroatoms. The van der Waals surface area contributed by atoms with E-state index in [4.69, 9.17) is 5.11 Å². The molecule has 1 N–H and O–H groups in total. The van der Waals surface area contributed by atoms with Crippen molar-refractivity contribution in [2.24, 2.45) is 0 Å². The van der Waals surface area contributed by atoms with Crippen molar-refractivity contribution in [1.29, 1.82) is 0 Å². The molecule has 0 radical (unpaired) electrons. The Morgan fingerprint density at radius 3 is 3.06 bits per heavy atom. The summed E-state index contributed by atoms with van der Waals surface area (Å²) in [5.74, 6) is -0.956. The molecule has 6 nitrogen and oxygen atoms in total.